The Morgan fingerprint density at radius 2 is 1.67 bits per heavy atom. The molecule has 0 amide bonds. The van der Waals surface area contributed by atoms with Crippen molar-refractivity contribution in [2.75, 3.05) is 26.7 Å². The highest BCUT2D eigenvalue weighted by atomic mass is 16.5. The average molecular weight is 622 g/mol. The molecule has 0 radical (unpaired) electrons. The van der Waals surface area contributed by atoms with Crippen LogP contribution >= 0.6 is 0 Å². The summed E-state index contributed by atoms with van der Waals surface area (Å²) >= 11 is 0. The smallest absolute Gasteiger partial charge is 0.165 e. The zero-order valence-corrected chi connectivity index (χ0v) is 27.8. The number of likely N-dealkylation sites (tertiary alicyclic amines) is 1. The van der Waals surface area contributed by atoms with Gasteiger partial charge in [-0.25, -0.2) is 4.59 Å². The molecule has 244 valence electrons. The normalized spacial score (nSPS) is 30.3. The molecule has 2 heterocycles. The summed E-state index contributed by atoms with van der Waals surface area (Å²) in [5.41, 5.74) is 9.31. The van der Waals surface area contributed by atoms with E-state index in [0.717, 1.165) is 86.3 Å². The zero-order chi connectivity index (χ0) is 31.2. The van der Waals surface area contributed by atoms with Crippen LogP contribution in [0.5, 0.6) is 11.5 Å². The molecule has 3 aromatic carbocycles. The minimum atomic E-state index is -0.741. The van der Waals surface area contributed by atoms with Crippen molar-refractivity contribution >= 4 is 0 Å². The summed E-state index contributed by atoms with van der Waals surface area (Å²) in [6.45, 7) is 2.98. The van der Waals surface area contributed by atoms with Crippen molar-refractivity contribution in [2.24, 2.45) is 11.8 Å². The summed E-state index contributed by atoms with van der Waals surface area (Å²) in [6, 6.07) is 26.6. The third-order valence-electron chi connectivity index (χ3n) is 12.8. The molecule has 5 nitrogen and oxygen atoms in total. The van der Waals surface area contributed by atoms with Gasteiger partial charge in [-0.3, -0.25) is 0 Å². The van der Waals surface area contributed by atoms with E-state index in [0.29, 0.717) is 18.5 Å². The summed E-state index contributed by atoms with van der Waals surface area (Å²) in [5, 5.41) is 12.5. The fourth-order valence-electron chi connectivity index (χ4n) is 10.2. The molecule has 3 fully saturated rings. The predicted molar refractivity (Wildman–Crippen MR) is 183 cm³/mol. The third-order valence-corrected chi connectivity index (χ3v) is 12.8. The molecule has 8 rings (SSSR count). The van der Waals surface area contributed by atoms with Gasteiger partial charge in [0, 0.05) is 30.2 Å². The third kappa shape index (κ3) is 5.46. The quantitative estimate of drug-likeness (QED) is 0.146. The summed E-state index contributed by atoms with van der Waals surface area (Å²) in [5.74, 6) is 3.38. The average Bonchev–Trinajstić information content (AvgIpc) is 3.84. The topological polar surface area (TPSA) is 50.7 Å². The lowest BCUT2D eigenvalue weighted by atomic mass is 9.51. The first-order valence-corrected chi connectivity index (χ1v) is 18.3. The number of benzene rings is 3. The van der Waals surface area contributed by atoms with Crippen LogP contribution in [0.4, 0.5) is 0 Å². The number of nitrogens with one attached hydrogen (secondary N) is 1. The van der Waals surface area contributed by atoms with Gasteiger partial charge >= 0.3 is 0 Å². The van der Waals surface area contributed by atoms with Crippen molar-refractivity contribution in [3.8, 4) is 11.5 Å². The monoisotopic (exact) mass is 621 g/mol. The van der Waals surface area contributed by atoms with Crippen molar-refractivity contribution < 1.29 is 19.2 Å². The number of unbranched alkanes of at least 4 members (excludes halogenated alkanes) is 1. The van der Waals surface area contributed by atoms with Gasteiger partial charge in [0.1, 0.15) is 12.1 Å². The van der Waals surface area contributed by atoms with Gasteiger partial charge in [-0.05, 0) is 87.0 Å². The summed E-state index contributed by atoms with van der Waals surface area (Å²) in [4.78, 5) is 0. The van der Waals surface area contributed by atoms with Crippen LogP contribution < -0.4 is 14.9 Å². The molecule has 2 bridgehead atoms. The maximum Gasteiger partial charge on any atom is 0.165 e. The molecular formula is C41H53N2O3+. The molecule has 2 N–H and O–H groups in total. The number of quaternary nitrogens is 1. The number of aliphatic hydroxyl groups is 1. The van der Waals surface area contributed by atoms with Gasteiger partial charge in [0.25, 0.3) is 0 Å². The van der Waals surface area contributed by atoms with Crippen LogP contribution in [0.25, 0.3) is 0 Å². The Balaban J connectivity index is 1.06. The van der Waals surface area contributed by atoms with Crippen molar-refractivity contribution in [1.29, 1.82) is 0 Å². The fourth-order valence-corrected chi connectivity index (χ4v) is 10.2. The van der Waals surface area contributed by atoms with E-state index >= 15 is 0 Å². The van der Waals surface area contributed by atoms with Gasteiger partial charge in [-0.15, -0.1) is 0 Å². The van der Waals surface area contributed by atoms with Crippen molar-refractivity contribution in [3.05, 3.63) is 95.1 Å². The Bertz CT molecular complexity index is 1510. The molecule has 1 spiro atoms. The first-order chi connectivity index (χ1) is 22.5. The van der Waals surface area contributed by atoms with Gasteiger partial charge in [-0.1, -0.05) is 73.2 Å². The number of hydrogen-bond donors (Lipinski definition) is 2. The van der Waals surface area contributed by atoms with Gasteiger partial charge in [0.05, 0.1) is 37.8 Å². The molecule has 1 saturated heterocycles. The van der Waals surface area contributed by atoms with E-state index < -0.39 is 5.60 Å². The van der Waals surface area contributed by atoms with Crippen LogP contribution in [0, 0.1) is 11.8 Å². The van der Waals surface area contributed by atoms with E-state index in [4.69, 9.17) is 9.47 Å². The first kappa shape index (κ1) is 30.5. The predicted octanol–water partition coefficient (Wildman–Crippen LogP) is 7.33. The summed E-state index contributed by atoms with van der Waals surface area (Å²) < 4.78 is 13.7. The molecule has 5 heteroatoms. The van der Waals surface area contributed by atoms with Gasteiger partial charge in [-0.2, -0.15) is 5.43 Å². The highest BCUT2D eigenvalue weighted by molar-refractivity contribution is 5.60. The second-order valence-electron chi connectivity index (χ2n) is 15.5. The summed E-state index contributed by atoms with van der Waals surface area (Å²) in [6.07, 6.45) is 14.7. The Morgan fingerprint density at radius 3 is 2.41 bits per heavy atom. The van der Waals surface area contributed by atoms with E-state index in [1.165, 1.54) is 54.5 Å². The number of ether oxygens (including phenoxy) is 2. The molecule has 2 saturated carbocycles. The summed E-state index contributed by atoms with van der Waals surface area (Å²) in [7, 11) is 1.79. The first-order valence-electron chi connectivity index (χ1n) is 18.3. The largest absolute Gasteiger partial charge is 0.493 e. The number of nitrogens with zero attached hydrogens (tertiary/aromatic N) is 1. The molecule has 5 aliphatic rings. The second kappa shape index (κ2) is 12.3. The molecule has 2 unspecified atom stereocenters. The number of aryl methyl sites for hydroxylation is 2. The van der Waals surface area contributed by atoms with Crippen LogP contribution in [0.15, 0.2) is 72.8 Å². The molecule has 2 aliphatic heterocycles. The molecule has 0 aromatic heterocycles. The molecule has 6 atom stereocenters. The van der Waals surface area contributed by atoms with Gasteiger partial charge in [0.15, 0.2) is 11.5 Å². The van der Waals surface area contributed by atoms with Crippen LogP contribution in [0.3, 0.4) is 0 Å². The van der Waals surface area contributed by atoms with E-state index in [1.54, 1.807) is 7.11 Å². The Morgan fingerprint density at radius 1 is 0.913 bits per heavy atom. The van der Waals surface area contributed by atoms with E-state index in [1.807, 2.05) is 0 Å². The minimum absolute atomic E-state index is 0.119. The highest BCUT2D eigenvalue weighted by Gasteiger charge is 2.68. The van der Waals surface area contributed by atoms with E-state index in [-0.39, 0.29) is 11.5 Å². The van der Waals surface area contributed by atoms with E-state index in [9.17, 15) is 5.11 Å². The van der Waals surface area contributed by atoms with Crippen LogP contribution in [0.1, 0.15) is 86.5 Å². The highest BCUT2D eigenvalue weighted by Crippen LogP contribution is 2.65. The van der Waals surface area contributed by atoms with Gasteiger partial charge in [0.2, 0.25) is 0 Å². The number of rotatable bonds is 14. The number of hydrogen-bond acceptors (Lipinski definition) is 4. The number of methoxy groups -OCH3 is 1. The maximum absolute atomic E-state index is 12.5. The minimum Gasteiger partial charge on any atom is -0.493 e. The lowest BCUT2D eigenvalue weighted by Gasteiger charge is -2.61. The number of piperidine rings is 1. The lowest BCUT2D eigenvalue weighted by Crippen LogP contribution is -2.77. The lowest BCUT2D eigenvalue weighted by molar-refractivity contribution is -1.00. The van der Waals surface area contributed by atoms with Crippen molar-refractivity contribution in [3.63, 3.8) is 0 Å². The van der Waals surface area contributed by atoms with Gasteiger partial charge < -0.3 is 14.6 Å². The van der Waals surface area contributed by atoms with E-state index in [2.05, 4.69) is 78.2 Å². The Kier molecular flexibility index (Phi) is 8.15. The van der Waals surface area contributed by atoms with Crippen LogP contribution in [-0.2, 0) is 24.7 Å². The zero-order valence-electron chi connectivity index (χ0n) is 27.8. The van der Waals surface area contributed by atoms with Crippen LogP contribution in [0.2, 0.25) is 0 Å². The van der Waals surface area contributed by atoms with Crippen molar-refractivity contribution in [2.45, 2.75) is 107 Å². The molecular weight excluding hydrogens is 568 g/mol. The Hall–Kier alpha value is -2.86. The maximum atomic E-state index is 12.5. The SMILES string of the molecule is COc1ccc2c3c1O[C@H]1CCC[C@H]4[C@@H](C2)[N+](CC2CC2)(NCC(O)(CCCCc2ccccc2)CCc2ccccc2)CC[C@]314. The fraction of sp³-hybridized carbons (Fsp3) is 0.561. The standard InChI is InChI=1S/C41H53N2O3/c1-45-36-21-20-33-27-35-34-16-10-17-37-41(34,38(33)39(36)46-37)25-26-43(35,28-32-18-19-32)42-29-40(44,24-22-31-13-6-3-7-14-31)23-9-8-15-30-11-4-2-5-12-30/h2-7,11-14,20-21,32,34-35,37,42,44H,8-10,15-19,22-29H2,1H3/q+1/t34-,35+,37-,40?,41+,43?/m0/s1. The molecule has 3 aliphatic carbocycles. The Labute approximate surface area is 275 Å². The molecule has 3 aromatic rings. The van der Waals surface area contributed by atoms with Crippen molar-refractivity contribution in [1.82, 2.24) is 5.43 Å². The second-order valence-corrected chi connectivity index (χ2v) is 15.5. The van der Waals surface area contributed by atoms with Crippen LogP contribution in [-0.4, -0.2) is 54.2 Å². The molecule has 46 heavy (non-hydrogen) atoms.